The second kappa shape index (κ2) is 12.7. The van der Waals surface area contributed by atoms with E-state index in [0.29, 0.717) is 24.7 Å². The molecule has 2 unspecified atom stereocenters. The van der Waals surface area contributed by atoms with Crippen LogP contribution in [0.5, 0.6) is 5.75 Å². The molecule has 2 atom stereocenters. The molecule has 1 aliphatic rings. The van der Waals surface area contributed by atoms with Gasteiger partial charge in [-0.15, -0.1) is 0 Å². The van der Waals surface area contributed by atoms with E-state index in [1.807, 2.05) is 13.8 Å². The van der Waals surface area contributed by atoms with Crippen molar-refractivity contribution in [2.24, 2.45) is 0 Å². The van der Waals surface area contributed by atoms with Crippen molar-refractivity contribution in [3.05, 3.63) is 64.4 Å². The van der Waals surface area contributed by atoms with Gasteiger partial charge in [0.05, 0.1) is 12.2 Å². The summed E-state index contributed by atoms with van der Waals surface area (Å²) in [6, 6.07) is 10.8. The van der Waals surface area contributed by atoms with Gasteiger partial charge in [0, 0.05) is 48.8 Å². The Morgan fingerprint density at radius 3 is 2.51 bits per heavy atom. The number of carboxylic acids is 1. The summed E-state index contributed by atoms with van der Waals surface area (Å²) in [6.45, 7) is 5.22. The Balaban J connectivity index is 1.60. The van der Waals surface area contributed by atoms with Crippen molar-refractivity contribution in [2.45, 2.75) is 44.6 Å². The van der Waals surface area contributed by atoms with Gasteiger partial charge < -0.3 is 14.7 Å². The molecule has 9 nitrogen and oxygen atoms in total. The monoisotopic (exact) mass is 555 g/mol. The Bertz CT molecular complexity index is 1210. The van der Waals surface area contributed by atoms with Crippen LogP contribution < -0.4 is 9.46 Å². The number of hydrogen-bond donors (Lipinski definition) is 2. The Morgan fingerprint density at radius 2 is 1.84 bits per heavy atom. The summed E-state index contributed by atoms with van der Waals surface area (Å²) in [5.74, 6) is -1.91. The summed E-state index contributed by atoms with van der Waals surface area (Å²) >= 11 is 6.04. The number of nitrogens with one attached hydrogen (secondary N) is 1. The molecule has 3 rings (SSSR count). The zero-order chi connectivity index (χ0) is 27.2. The lowest BCUT2D eigenvalue weighted by atomic mass is 10.1. The maximum atomic E-state index is 13.2. The van der Waals surface area contributed by atoms with Crippen LogP contribution in [0.15, 0.2) is 42.5 Å². The van der Waals surface area contributed by atoms with E-state index in [1.165, 1.54) is 30.3 Å². The molecule has 0 spiro atoms. The number of aliphatic carboxylic acids is 1. The lowest BCUT2D eigenvalue weighted by molar-refractivity contribution is -0.139. The number of nitrogens with zero attached hydrogens (tertiary/aromatic N) is 2. The maximum absolute atomic E-state index is 13.2. The molecule has 0 radical (unpaired) electrons. The number of halogens is 2. The lowest BCUT2D eigenvalue weighted by Crippen LogP contribution is -2.58. The van der Waals surface area contributed by atoms with E-state index in [1.54, 1.807) is 17.0 Å². The number of carbonyl (C=O) groups is 2. The largest absolute Gasteiger partial charge is 0.483 e. The fourth-order valence-electron chi connectivity index (χ4n) is 4.18. The van der Waals surface area contributed by atoms with Crippen molar-refractivity contribution in [3.8, 4) is 5.75 Å². The van der Waals surface area contributed by atoms with E-state index >= 15 is 0 Å². The predicted octanol–water partition coefficient (Wildman–Crippen LogP) is 2.87. The van der Waals surface area contributed by atoms with Crippen LogP contribution in [0.4, 0.5) is 4.39 Å². The van der Waals surface area contributed by atoms with Gasteiger partial charge in [0.1, 0.15) is 11.6 Å². The summed E-state index contributed by atoms with van der Waals surface area (Å²) in [4.78, 5) is 27.7. The molecule has 1 heterocycles. The third-order valence-corrected chi connectivity index (χ3v) is 7.68. The number of carboxylic acid groups (broad SMARTS) is 1. The fourth-order valence-corrected chi connectivity index (χ4v) is 5.53. The molecule has 0 aliphatic carbocycles. The van der Waals surface area contributed by atoms with Gasteiger partial charge >= 0.3 is 5.97 Å². The van der Waals surface area contributed by atoms with E-state index in [0.717, 1.165) is 5.56 Å². The molecular formula is C25H31ClFN3O6S. The highest BCUT2D eigenvalue weighted by Crippen LogP contribution is 2.25. The zero-order valence-corrected chi connectivity index (χ0v) is 22.3. The summed E-state index contributed by atoms with van der Waals surface area (Å²) in [7, 11) is -3.85. The molecule has 1 fully saturated rings. The molecule has 0 bridgehead atoms. The SMILES string of the molecule is CC1CN(C(=O)COc2ccc(Cl)cc2CS(=O)(=O)NCCC(=O)O)C(C)CN1Cc1ccc(F)cc1. The molecule has 0 aromatic heterocycles. The average Bonchev–Trinajstić information content (AvgIpc) is 2.81. The number of benzene rings is 2. The molecular weight excluding hydrogens is 525 g/mol. The normalized spacial score (nSPS) is 18.5. The topological polar surface area (TPSA) is 116 Å². The minimum Gasteiger partial charge on any atom is -0.483 e. The summed E-state index contributed by atoms with van der Waals surface area (Å²) < 4.78 is 45.9. The van der Waals surface area contributed by atoms with E-state index in [4.69, 9.17) is 21.4 Å². The molecule has 12 heteroatoms. The first-order valence-electron chi connectivity index (χ1n) is 11.8. The lowest BCUT2D eigenvalue weighted by Gasteiger charge is -2.44. The molecule has 2 aromatic rings. The van der Waals surface area contributed by atoms with Gasteiger partial charge in [-0.2, -0.15) is 0 Å². The molecule has 0 saturated carbocycles. The van der Waals surface area contributed by atoms with Crippen LogP contribution in [0.1, 0.15) is 31.4 Å². The Kier molecular flexibility index (Phi) is 9.88. The molecule has 2 N–H and O–H groups in total. The number of piperazine rings is 1. The van der Waals surface area contributed by atoms with Crippen LogP contribution in [-0.2, 0) is 31.9 Å². The van der Waals surface area contributed by atoms with E-state index in [-0.39, 0.29) is 54.7 Å². The highest BCUT2D eigenvalue weighted by Gasteiger charge is 2.32. The minimum atomic E-state index is -3.85. The van der Waals surface area contributed by atoms with Crippen LogP contribution in [0.3, 0.4) is 0 Å². The van der Waals surface area contributed by atoms with Gasteiger partial charge in [-0.3, -0.25) is 14.5 Å². The van der Waals surface area contributed by atoms with Crippen LogP contribution >= 0.6 is 11.6 Å². The van der Waals surface area contributed by atoms with Gasteiger partial charge in [-0.1, -0.05) is 23.7 Å². The third kappa shape index (κ3) is 8.67. The molecule has 1 aliphatic heterocycles. The molecule has 202 valence electrons. The first-order chi connectivity index (χ1) is 17.4. The summed E-state index contributed by atoms with van der Waals surface area (Å²) in [5.41, 5.74) is 1.25. The fraction of sp³-hybridized carbons (Fsp3) is 0.440. The van der Waals surface area contributed by atoms with Crippen molar-refractivity contribution >= 4 is 33.5 Å². The van der Waals surface area contributed by atoms with Gasteiger partial charge in [0.15, 0.2) is 6.61 Å². The summed E-state index contributed by atoms with van der Waals surface area (Å²) in [6.07, 6.45) is -0.347. The van der Waals surface area contributed by atoms with E-state index in [2.05, 4.69) is 9.62 Å². The van der Waals surface area contributed by atoms with Crippen molar-refractivity contribution in [1.29, 1.82) is 0 Å². The highest BCUT2D eigenvalue weighted by atomic mass is 35.5. The average molecular weight is 556 g/mol. The Hall–Kier alpha value is -2.73. The number of hydrogen-bond acceptors (Lipinski definition) is 6. The van der Waals surface area contributed by atoms with Crippen molar-refractivity contribution in [2.75, 3.05) is 26.2 Å². The zero-order valence-electron chi connectivity index (χ0n) is 20.7. The van der Waals surface area contributed by atoms with Crippen molar-refractivity contribution < 1.29 is 32.2 Å². The maximum Gasteiger partial charge on any atom is 0.304 e. The predicted molar refractivity (Wildman–Crippen MR) is 137 cm³/mol. The van der Waals surface area contributed by atoms with Gasteiger partial charge in [-0.25, -0.2) is 17.5 Å². The van der Waals surface area contributed by atoms with Crippen LogP contribution in [-0.4, -0.2) is 73.5 Å². The van der Waals surface area contributed by atoms with Crippen LogP contribution in [0.25, 0.3) is 0 Å². The quantitative estimate of drug-likeness (QED) is 0.438. The van der Waals surface area contributed by atoms with Gasteiger partial charge in [0.2, 0.25) is 10.0 Å². The number of rotatable bonds is 11. The first-order valence-corrected chi connectivity index (χ1v) is 13.8. The third-order valence-electron chi connectivity index (χ3n) is 6.11. The second-order valence-corrected chi connectivity index (χ2v) is 11.4. The number of amides is 1. The first kappa shape index (κ1) is 28.8. The van der Waals surface area contributed by atoms with E-state index < -0.39 is 21.7 Å². The molecule has 37 heavy (non-hydrogen) atoms. The Morgan fingerprint density at radius 1 is 1.14 bits per heavy atom. The van der Waals surface area contributed by atoms with Crippen LogP contribution in [0.2, 0.25) is 5.02 Å². The number of ether oxygens (including phenoxy) is 1. The Labute approximate surface area is 221 Å². The smallest absolute Gasteiger partial charge is 0.304 e. The molecule has 2 aromatic carbocycles. The highest BCUT2D eigenvalue weighted by molar-refractivity contribution is 7.88. The molecule has 1 saturated heterocycles. The van der Waals surface area contributed by atoms with Crippen molar-refractivity contribution in [3.63, 3.8) is 0 Å². The second-order valence-electron chi connectivity index (χ2n) is 9.14. The summed E-state index contributed by atoms with van der Waals surface area (Å²) in [5, 5.41) is 9.01. The van der Waals surface area contributed by atoms with Gasteiger partial charge in [0.25, 0.3) is 5.91 Å². The standard InChI is InChI=1S/C25H31ClFN3O6S/c1-17-13-30(18(2)12-29(17)14-19-3-6-22(27)7-4-19)24(31)15-36-23-8-5-21(26)11-20(23)16-37(34,35)28-10-9-25(32)33/h3-8,11,17-18,28H,9-10,12-16H2,1-2H3,(H,32,33). The van der Waals surface area contributed by atoms with Crippen LogP contribution in [0, 0.1) is 5.82 Å². The van der Waals surface area contributed by atoms with Gasteiger partial charge in [-0.05, 0) is 49.7 Å². The minimum absolute atomic E-state index is 0.0679. The molecule has 1 amide bonds. The number of carbonyl (C=O) groups excluding carboxylic acids is 1. The number of sulfonamides is 1. The van der Waals surface area contributed by atoms with E-state index in [9.17, 15) is 22.4 Å². The van der Waals surface area contributed by atoms with Crippen molar-refractivity contribution in [1.82, 2.24) is 14.5 Å².